The predicted octanol–water partition coefficient (Wildman–Crippen LogP) is 6.01. The Kier molecular flexibility index (Phi) is 5.64. The minimum absolute atomic E-state index is 0.0300. The van der Waals surface area contributed by atoms with E-state index >= 15 is 0 Å². The van der Waals surface area contributed by atoms with Gasteiger partial charge in [0, 0.05) is 23.9 Å². The van der Waals surface area contributed by atoms with Gasteiger partial charge in [-0.25, -0.2) is 4.98 Å². The molecule has 176 valence electrons. The summed E-state index contributed by atoms with van der Waals surface area (Å²) < 4.78 is 1.13. The fraction of sp³-hybridized carbons (Fsp3) is 0.464. The summed E-state index contributed by atoms with van der Waals surface area (Å²) >= 11 is 1.63. The van der Waals surface area contributed by atoms with E-state index < -0.39 is 0 Å². The fourth-order valence-corrected chi connectivity index (χ4v) is 8.01. The average molecular weight is 474 g/mol. The number of nitrogens with one attached hydrogen (secondary N) is 2. The molecule has 2 aromatic carbocycles. The number of fused-ring (bicyclic) bond motifs is 1. The van der Waals surface area contributed by atoms with Crippen LogP contribution in [-0.4, -0.2) is 23.3 Å². The molecule has 0 saturated heterocycles. The van der Waals surface area contributed by atoms with E-state index in [2.05, 4.69) is 16.7 Å². The molecule has 2 amide bonds. The van der Waals surface area contributed by atoms with Crippen molar-refractivity contribution in [3.8, 4) is 10.6 Å². The Morgan fingerprint density at radius 3 is 2.35 bits per heavy atom. The van der Waals surface area contributed by atoms with Gasteiger partial charge >= 0.3 is 0 Å². The van der Waals surface area contributed by atoms with Gasteiger partial charge in [0.1, 0.15) is 5.01 Å². The monoisotopic (exact) mass is 473 g/mol. The van der Waals surface area contributed by atoms with Crippen LogP contribution in [0.4, 0.5) is 5.69 Å². The fourth-order valence-electron chi connectivity index (χ4n) is 7.01. The number of para-hydroxylation sites is 2. The number of hydrogen-bond acceptors (Lipinski definition) is 4. The van der Waals surface area contributed by atoms with Crippen LogP contribution in [-0.2, 0) is 9.59 Å². The van der Waals surface area contributed by atoms with Crippen LogP contribution >= 0.6 is 11.3 Å². The summed E-state index contributed by atoms with van der Waals surface area (Å²) in [6, 6.07) is 15.9. The summed E-state index contributed by atoms with van der Waals surface area (Å²) in [6.07, 6.45) is 8.28. The SMILES string of the molecule is O=C(CCCNC(=O)C12CC3CC(CC(C3)C1)C2)Nc1ccccc1-c1nc2ccccc2s1. The third-order valence-electron chi connectivity index (χ3n) is 8.11. The van der Waals surface area contributed by atoms with Gasteiger partial charge in [0.2, 0.25) is 11.8 Å². The Bertz CT molecular complexity index is 1160. The third-order valence-corrected chi connectivity index (χ3v) is 9.18. The first-order valence-electron chi connectivity index (χ1n) is 12.6. The largest absolute Gasteiger partial charge is 0.356 e. The molecular formula is C28H31N3O2S. The molecule has 7 rings (SSSR count). The van der Waals surface area contributed by atoms with E-state index in [4.69, 9.17) is 4.98 Å². The number of thiazole rings is 1. The van der Waals surface area contributed by atoms with Crippen LogP contribution < -0.4 is 10.6 Å². The van der Waals surface area contributed by atoms with Crippen LogP contribution in [0.2, 0.25) is 0 Å². The second-order valence-corrected chi connectivity index (χ2v) is 11.7. The summed E-state index contributed by atoms with van der Waals surface area (Å²) in [5.41, 5.74) is 2.57. The highest BCUT2D eigenvalue weighted by atomic mass is 32.1. The van der Waals surface area contributed by atoms with Crippen molar-refractivity contribution in [2.45, 2.75) is 51.4 Å². The highest BCUT2D eigenvalue weighted by molar-refractivity contribution is 7.21. The van der Waals surface area contributed by atoms with Gasteiger partial charge in [0.15, 0.2) is 0 Å². The maximum Gasteiger partial charge on any atom is 0.226 e. The molecule has 4 saturated carbocycles. The average Bonchev–Trinajstić information content (AvgIpc) is 3.25. The van der Waals surface area contributed by atoms with Gasteiger partial charge < -0.3 is 10.6 Å². The van der Waals surface area contributed by atoms with Crippen LogP contribution in [0.5, 0.6) is 0 Å². The second kappa shape index (κ2) is 8.81. The van der Waals surface area contributed by atoms with E-state index in [1.165, 1.54) is 19.3 Å². The maximum atomic E-state index is 13.1. The van der Waals surface area contributed by atoms with E-state index in [9.17, 15) is 9.59 Å². The molecule has 0 atom stereocenters. The lowest BCUT2D eigenvalue weighted by atomic mass is 9.49. The quantitative estimate of drug-likeness (QED) is 0.413. The molecule has 34 heavy (non-hydrogen) atoms. The second-order valence-electron chi connectivity index (χ2n) is 10.6. The molecule has 1 heterocycles. The number of carbonyl (C=O) groups is 2. The van der Waals surface area contributed by atoms with E-state index in [-0.39, 0.29) is 17.2 Å². The summed E-state index contributed by atoms with van der Waals surface area (Å²) in [5, 5.41) is 7.15. The number of nitrogens with zero attached hydrogens (tertiary/aromatic N) is 1. The minimum atomic E-state index is -0.118. The smallest absolute Gasteiger partial charge is 0.226 e. The number of amides is 2. The van der Waals surface area contributed by atoms with Gasteiger partial charge in [0.25, 0.3) is 0 Å². The zero-order valence-electron chi connectivity index (χ0n) is 19.4. The first kappa shape index (κ1) is 21.8. The Morgan fingerprint density at radius 2 is 1.62 bits per heavy atom. The molecule has 3 aromatic rings. The van der Waals surface area contributed by atoms with Crippen molar-refractivity contribution in [2.24, 2.45) is 23.2 Å². The molecule has 4 bridgehead atoms. The first-order valence-corrected chi connectivity index (χ1v) is 13.4. The molecule has 6 heteroatoms. The number of carbonyl (C=O) groups excluding carboxylic acids is 2. The molecular weight excluding hydrogens is 442 g/mol. The number of anilines is 1. The molecule has 4 fully saturated rings. The lowest BCUT2D eigenvalue weighted by Crippen LogP contribution is -2.53. The number of rotatable bonds is 7. The molecule has 4 aliphatic rings. The Balaban J connectivity index is 1.03. The summed E-state index contributed by atoms with van der Waals surface area (Å²) in [7, 11) is 0. The Morgan fingerprint density at radius 1 is 0.941 bits per heavy atom. The van der Waals surface area contributed by atoms with Crippen LogP contribution in [0.15, 0.2) is 48.5 Å². The van der Waals surface area contributed by atoms with Crippen molar-refractivity contribution < 1.29 is 9.59 Å². The lowest BCUT2D eigenvalue weighted by molar-refractivity contribution is -0.146. The molecule has 0 aliphatic heterocycles. The Labute approximate surface area is 204 Å². The van der Waals surface area contributed by atoms with Crippen LogP contribution in [0.1, 0.15) is 51.4 Å². The highest BCUT2D eigenvalue weighted by Gasteiger charge is 2.54. The van der Waals surface area contributed by atoms with E-state index in [0.29, 0.717) is 19.4 Å². The van der Waals surface area contributed by atoms with Gasteiger partial charge in [-0.3, -0.25) is 9.59 Å². The Hall–Kier alpha value is -2.73. The van der Waals surface area contributed by atoms with Gasteiger partial charge in [-0.2, -0.15) is 0 Å². The molecule has 0 radical (unpaired) electrons. The van der Waals surface area contributed by atoms with Gasteiger partial charge in [-0.15, -0.1) is 11.3 Å². The molecule has 4 aliphatic carbocycles. The molecule has 0 unspecified atom stereocenters. The molecule has 0 spiro atoms. The van der Waals surface area contributed by atoms with Crippen LogP contribution in [0.3, 0.4) is 0 Å². The van der Waals surface area contributed by atoms with Crippen molar-refractivity contribution in [1.82, 2.24) is 10.3 Å². The molecule has 5 nitrogen and oxygen atoms in total. The lowest BCUT2D eigenvalue weighted by Gasteiger charge is -2.55. The van der Waals surface area contributed by atoms with Gasteiger partial charge in [0.05, 0.1) is 15.9 Å². The van der Waals surface area contributed by atoms with Crippen molar-refractivity contribution in [3.63, 3.8) is 0 Å². The van der Waals surface area contributed by atoms with Crippen molar-refractivity contribution in [1.29, 1.82) is 0 Å². The van der Waals surface area contributed by atoms with Crippen molar-refractivity contribution in [3.05, 3.63) is 48.5 Å². The van der Waals surface area contributed by atoms with Gasteiger partial charge in [-0.1, -0.05) is 24.3 Å². The van der Waals surface area contributed by atoms with Crippen molar-refractivity contribution >= 4 is 39.1 Å². The predicted molar refractivity (Wildman–Crippen MR) is 137 cm³/mol. The minimum Gasteiger partial charge on any atom is -0.356 e. The van der Waals surface area contributed by atoms with E-state index in [1.807, 2.05) is 42.5 Å². The number of aromatic nitrogens is 1. The van der Waals surface area contributed by atoms with Gasteiger partial charge in [-0.05, 0) is 87.0 Å². The normalized spacial score (nSPS) is 27.1. The highest BCUT2D eigenvalue weighted by Crippen LogP contribution is 2.60. The first-order chi connectivity index (χ1) is 16.6. The van der Waals surface area contributed by atoms with Crippen LogP contribution in [0, 0.1) is 23.2 Å². The third kappa shape index (κ3) is 4.13. The molecule has 2 N–H and O–H groups in total. The summed E-state index contributed by atoms with van der Waals surface area (Å²) in [6.45, 7) is 0.563. The molecule has 1 aromatic heterocycles. The number of hydrogen-bond donors (Lipinski definition) is 2. The standard InChI is InChI=1S/C28H31N3O2S/c32-25(10-5-11-29-27(33)28-15-18-12-19(16-28)14-20(13-18)17-28)30-22-7-2-1-6-21(22)26-31-23-8-3-4-9-24(23)34-26/h1-4,6-9,18-20H,5,10-17H2,(H,29,33)(H,30,32). The van der Waals surface area contributed by atoms with E-state index in [0.717, 1.165) is 63.5 Å². The maximum absolute atomic E-state index is 13.1. The topological polar surface area (TPSA) is 71.1 Å². The van der Waals surface area contributed by atoms with Crippen molar-refractivity contribution in [2.75, 3.05) is 11.9 Å². The zero-order chi connectivity index (χ0) is 23.1. The van der Waals surface area contributed by atoms with Crippen LogP contribution in [0.25, 0.3) is 20.8 Å². The number of benzene rings is 2. The summed E-state index contributed by atoms with van der Waals surface area (Å²) in [4.78, 5) is 30.5. The van der Waals surface area contributed by atoms with E-state index in [1.54, 1.807) is 11.3 Å². The zero-order valence-corrected chi connectivity index (χ0v) is 20.2. The summed E-state index contributed by atoms with van der Waals surface area (Å²) in [5.74, 6) is 2.50.